The molecule has 3 nitrogen and oxygen atoms in total. The first-order valence-electron chi connectivity index (χ1n) is 4.01. The van der Waals surface area contributed by atoms with Gasteiger partial charge < -0.3 is 0 Å². The molecule has 0 aliphatic heterocycles. The zero-order valence-corrected chi connectivity index (χ0v) is 9.94. The van der Waals surface area contributed by atoms with Crippen LogP contribution < -0.4 is 0 Å². The zero-order valence-electron chi connectivity index (χ0n) is 7.61. The van der Waals surface area contributed by atoms with Gasteiger partial charge in [-0.05, 0) is 24.3 Å². The lowest BCUT2D eigenvalue weighted by molar-refractivity contribution is -0.114. The molecule has 0 unspecified atom stereocenters. The molecule has 0 radical (unpaired) electrons. The molecule has 1 aromatic rings. The van der Waals surface area contributed by atoms with Crippen molar-refractivity contribution in [2.75, 3.05) is 11.6 Å². The number of Topliss-reactive ketones (excluding diaryl/α,β-unsaturated/α-hetero) is 1. The summed E-state index contributed by atoms with van der Waals surface area (Å²) >= 11 is 10.8. The van der Waals surface area contributed by atoms with E-state index in [1.807, 2.05) is 0 Å². The second kappa shape index (κ2) is 4.96. The van der Waals surface area contributed by atoms with Crippen molar-refractivity contribution in [3.05, 3.63) is 29.3 Å². The molecule has 0 bridgehead atoms. The molecule has 15 heavy (non-hydrogen) atoms. The maximum Gasteiger partial charge on any atom is 0.185 e. The Hall–Kier alpha value is -0.580. The average molecular weight is 267 g/mol. The van der Waals surface area contributed by atoms with Crippen LogP contribution in [-0.2, 0) is 14.6 Å². The Labute approximate surface area is 97.9 Å². The standard InChI is InChI=1S/C9H8Cl2O3S/c10-5-8(12)6-15(13,14)9-3-1-7(11)2-4-9/h1-4H,5-6H2. The number of alkyl halides is 1. The van der Waals surface area contributed by atoms with Crippen LogP contribution in [0.25, 0.3) is 0 Å². The Morgan fingerprint density at radius 3 is 2.20 bits per heavy atom. The second-order valence-corrected chi connectivity index (χ2v) is 5.58. The number of rotatable bonds is 4. The average Bonchev–Trinajstić information content (AvgIpc) is 2.17. The summed E-state index contributed by atoms with van der Waals surface area (Å²) in [6, 6.07) is 5.64. The summed E-state index contributed by atoms with van der Waals surface area (Å²) < 4.78 is 23.2. The van der Waals surface area contributed by atoms with Crippen molar-refractivity contribution in [3.63, 3.8) is 0 Å². The van der Waals surface area contributed by atoms with Crippen LogP contribution in [0.15, 0.2) is 29.2 Å². The van der Waals surface area contributed by atoms with E-state index in [2.05, 4.69) is 0 Å². The van der Waals surface area contributed by atoms with E-state index < -0.39 is 21.4 Å². The van der Waals surface area contributed by atoms with Gasteiger partial charge in [0.05, 0.1) is 10.8 Å². The van der Waals surface area contributed by atoms with Crippen molar-refractivity contribution in [1.29, 1.82) is 0 Å². The van der Waals surface area contributed by atoms with Crippen LogP contribution in [0.1, 0.15) is 0 Å². The van der Waals surface area contributed by atoms with Crippen molar-refractivity contribution in [2.24, 2.45) is 0 Å². The summed E-state index contributed by atoms with van der Waals surface area (Å²) in [5.74, 6) is -1.39. The van der Waals surface area contributed by atoms with Crippen molar-refractivity contribution in [1.82, 2.24) is 0 Å². The molecule has 0 saturated carbocycles. The highest BCUT2D eigenvalue weighted by atomic mass is 35.5. The van der Waals surface area contributed by atoms with Crippen molar-refractivity contribution in [3.8, 4) is 0 Å². The highest BCUT2D eigenvalue weighted by Crippen LogP contribution is 2.15. The molecule has 0 fully saturated rings. The number of sulfone groups is 1. The third-order valence-corrected chi connectivity index (χ3v) is 3.92. The second-order valence-electron chi connectivity index (χ2n) is 2.89. The highest BCUT2D eigenvalue weighted by molar-refractivity contribution is 7.92. The van der Waals surface area contributed by atoms with Gasteiger partial charge in [-0.1, -0.05) is 11.6 Å². The molecule has 6 heteroatoms. The van der Waals surface area contributed by atoms with Crippen molar-refractivity contribution < 1.29 is 13.2 Å². The number of ketones is 1. The number of hydrogen-bond donors (Lipinski definition) is 0. The molecule has 0 spiro atoms. The minimum absolute atomic E-state index is 0.0744. The molecular formula is C9H8Cl2O3S. The van der Waals surface area contributed by atoms with Gasteiger partial charge in [0.1, 0.15) is 5.75 Å². The van der Waals surface area contributed by atoms with Gasteiger partial charge in [0.25, 0.3) is 0 Å². The Balaban J connectivity index is 2.96. The maximum atomic E-state index is 11.6. The van der Waals surface area contributed by atoms with Gasteiger partial charge in [-0.25, -0.2) is 8.42 Å². The normalized spacial score (nSPS) is 11.3. The summed E-state index contributed by atoms with van der Waals surface area (Å²) in [5.41, 5.74) is 0. The van der Waals surface area contributed by atoms with E-state index in [1.165, 1.54) is 24.3 Å². The summed E-state index contributed by atoms with van der Waals surface area (Å²) in [4.78, 5) is 11.0. The van der Waals surface area contributed by atoms with Crippen LogP contribution >= 0.6 is 23.2 Å². The molecule has 0 aliphatic rings. The van der Waals surface area contributed by atoms with E-state index in [0.717, 1.165) is 0 Å². The lowest BCUT2D eigenvalue weighted by atomic mass is 10.4. The summed E-state index contributed by atoms with van der Waals surface area (Å²) in [6.45, 7) is 0. The molecule has 0 atom stereocenters. The van der Waals surface area contributed by atoms with E-state index in [4.69, 9.17) is 23.2 Å². The fourth-order valence-electron chi connectivity index (χ4n) is 0.976. The minimum Gasteiger partial charge on any atom is -0.297 e. The third-order valence-electron chi connectivity index (χ3n) is 1.67. The first-order valence-corrected chi connectivity index (χ1v) is 6.58. The summed E-state index contributed by atoms with van der Waals surface area (Å²) in [5, 5.41) is 0.442. The van der Waals surface area contributed by atoms with E-state index in [-0.39, 0.29) is 10.8 Å². The third kappa shape index (κ3) is 3.48. The fraction of sp³-hybridized carbons (Fsp3) is 0.222. The monoisotopic (exact) mass is 266 g/mol. The number of benzene rings is 1. The summed E-state index contributed by atoms with van der Waals surface area (Å²) in [7, 11) is -3.58. The molecule has 82 valence electrons. The summed E-state index contributed by atoms with van der Waals surface area (Å²) in [6.07, 6.45) is 0. The number of carbonyl (C=O) groups is 1. The Bertz CT molecular complexity index is 451. The first-order chi connectivity index (χ1) is 6.95. The van der Waals surface area contributed by atoms with Gasteiger partial charge in [0, 0.05) is 5.02 Å². The number of halogens is 2. The molecule has 0 amide bonds. The number of hydrogen-bond acceptors (Lipinski definition) is 3. The lowest BCUT2D eigenvalue weighted by Gasteiger charge is -2.02. The Kier molecular flexibility index (Phi) is 4.13. The van der Waals surface area contributed by atoms with Crippen LogP contribution in [0.3, 0.4) is 0 Å². The molecule has 0 saturated heterocycles. The van der Waals surface area contributed by atoms with E-state index in [1.54, 1.807) is 0 Å². The number of carbonyl (C=O) groups excluding carboxylic acids is 1. The molecule has 0 aliphatic carbocycles. The molecule has 1 rings (SSSR count). The van der Waals surface area contributed by atoms with Gasteiger partial charge in [0.15, 0.2) is 15.6 Å². The minimum atomic E-state index is -3.58. The van der Waals surface area contributed by atoms with Crippen molar-refractivity contribution in [2.45, 2.75) is 4.90 Å². The topological polar surface area (TPSA) is 51.2 Å². The van der Waals surface area contributed by atoms with Gasteiger partial charge in [-0.3, -0.25) is 4.79 Å². The van der Waals surface area contributed by atoms with Crippen LogP contribution in [0.2, 0.25) is 5.02 Å². The Morgan fingerprint density at radius 2 is 1.73 bits per heavy atom. The lowest BCUT2D eigenvalue weighted by Crippen LogP contribution is -2.17. The predicted molar refractivity (Wildman–Crippen MR) is 59.2 cm³/mol. The van der Waals surface area contributed by atoms with Gasteiger partial charge in [-0.2, -0.15) is 0 Å². The van der Waals surface area contributed by atoms with Crippen molar-refractivity contribution >= 4 is 38.8 Å². The van der Waals surface area contributed by atoms with E-state index >= 15 is 0 Å². The van der Waals surface area contributed by atoms with Crippen LogP contribution in [0.5, 0.6) is 0 Å². The quantitative estimate of drug-likeness (QED) is 0.783. The van der Waals surface area contributed by atoms with Gasteiger partial charge in [-0.15, -0.1) is 11.6 Å². The largest absolute Gasteiger partial charge is 0.297 e. The molecular weight excluding hydrogens is 259 g/mol. The SMILES string of the molecule is O=C(CCl)CS(=O)(=O)c1ccc(Cl)cc1. The first kappa shape index (κ1) is 12.5. The van der Waals surface area contributed by atoms with Gasteiger partial charge in [0.2, 0.25) is 0 Å². The van der Waals surface area contributed by atoms with E-state index in [0.29, 0.717) is 5.02 Å². The Morgan fingerprint density at radius 1 is 1.20 bits per heavy atom. The van der Waals surface area contributed by atoms with Crippen LogP contribution in [0.4, 0.5) is 0 Å². The zero-order chi connectivity index (χ0) is 11.5. The van der Waals surface area contributed by atoms with E-state index in [9.17, 15) is 13.2 Å². The van der Waals surface area contributed by atoms with Crippen LogP contribution in [0, 0.1) is 0 Å². The van der Waals surface area contributed by atoms with Gasteiger partial charge >= 0.3 is 0 Å². The smallest absolute Gasteiger partial charge is 0.185 e. The maximum absolute atomic E-state index is 11.6. The molecule has 1 aromatic carbocycles. The van der Waals surface area contributed by atoms with Crippen LogP contribution in [-0.4, -0.2) is 25.8 Å². The predicted octanol–water partition coefficient (Wildman–Crippen LogP) is 1.92. The molecule has 0 aromatic heterocycles. The molecule has 0 N–H and O–H groups in total. The highest BCUT2D eigenvalue weighted by Gasteiger charge is 2.18. The fourth-order valence-corrected chi connectivity index (χ4v) is 2.55. The molecule has 0 heterocycles.